The second-order valence-corrected chi connectivity index (χ2v) is 22.8. The van der Waals surface area contributed by atoms with Gasteiger partial charge in [0.05, 0.1) is 0 Å². The van der Waals surface area contributed by atoms with E-state index in [-0.39, 0.29) is 0 Å². The van der Waals surface area contributed by atoms with E-state index in [4.69, 9.17) is 64.5 Å². The van der Waals surface area contributed by atoms with Crippen molar-refractivity contribution in [2.24, 2.45) is 0 Å². The van der Waals surface area contributed by atoms with Gasteiger partial charge in [-0.2, -0.15) is 0 Å². The maximum atomic E-state index is 7.38. The fourth-order valence-corrected chi connectivity index (χ4v) is 11.5. The van der Waals surface area contributed by atoms with Crippen LogP contribution in [0.5, 0.6) is 11.5 Å². The van der Waals surface area contributed by atoms with E-state index in [0.717, 1.165) is 66.8 Å². The summed E-state index contributed by atoms with van der Waals surface area (Å²) in [4.78, 5) is 62.2. The lowest BCUT2D eigenvalue weighted by molar-refractivity contribution is 0.486. The highest BCUT2D eigenvalue weighted by Gasteiger charge is 2.23. The third-order valence-electron chi connectivity index (χ3n) is 16.3. The Morgan fingerprint density at radius 2 is 0.278 bits per heavy atom. The first-order chi connectivity index (χ1) is 48.0. The molecule has 0 spiro atoms. The van der Waals surface area contributed by atoms with Crippen molar-refractivity contribution in [3.63, 3.8) is 0 Å². The van der Waals surface area contributed by atoms with Crippen molar-refractivity contribution in [3.05, 3.63) is 328 Å². The molecule has 16 rings (SSSR count). The molecule has 0 aliphatic carbocycles. The van der Waals surface area contributed by atoms with Gasteiger partial charge in [0.1, 0.15) is 11.5 Å². The standard InChI is InChI=1S/C84H54N12O/c1-9-29-55(30-10-1)73-85-74(56-31-11-2-12-32-56)90-81(89-73)65-49-63(50-66(53-65)82-91-75(57-33-13-3-14-34-57)86-76(92-82)58-35-15-4-16-36-58)69-45-25-27-47-71(69)97-72-48-28-26-46-70(72)64-51-67(83-93-77(59-37-17-5-18-38-59)87-78(94-83)60-39-19-6-20-40-60)54-68(52-64)84-95-79(61-41-21-7-22-42-61)88-80(96-84)62-43-23-8-24-44-62/h1-54H. The fraction of sp³-hybridized carbons (Fsp3) is 0. The number of rotatable bonds is 16. The number of nitrogens with zero attached hydrogens (tertiary/aromatic N) is 12. The Morgan fingerprint density at radius 1 is 0.134 bits per heavy atom. The average Bonchev–Trinajstić information content (AvgIpc) is 0.851. The molecule has 0 fully saturated rings. The molecule has 0 radical (unpaired) electrons. The summed E-state index contributed by atoms with van der Waals surface area (Å²) in [6.07, 6.45) is 0. The normalized spacial score (nSPS) is 11.1. The predicted molar refractivity (Wildman–Crippen MR) is 383 cm³/mol. The van der Waals surface area contributed by atoms with Crippen molar-refractivity contribution in [1.82, 2.24) is 59.8 Å². The molecule has 0 aliphatic rings. The second-order valence-electron chi connectivity index (χ2n) is 22.8. The highest BCUT2D eigenvalue weighted by atomic mass is 16.5. The van der Waals surface area contributed by atoms with E-state index < -0.39 is 0 Å². The lowest BCUT2D eigenvalue weighted by Crippen LogP contribution is -2.02. The lowest BCUT2D eigenvalue weighted by Gasteiger charge is -2.17. The molecule has 4 heterocycles. The molecular formula is C84H54N12O. The molecule has 0 aliphatic heterocycles. The number of para-hydroxylation sites is 2. The zero-order chi connectivity index (χ0) is 64.7. The van der Waals surface area contributed by atoms with E-state index in [0.29, 0.717) is 104 Å². The summed E-state index contributed by atoms with van der Waals surface area (Å²) in [5, 5.41) is 0. The maximum Gasteiger partial charge on any atom is 0.164 e. The Morgan fingerprint density at radius 3 is 0.464 bits per heavy atom. The molecule has 0 saturated heterocycles. The molecule has 0 amide bonds. The van der Waals surface area contributed by atoms with Crippen LogP contribution in [0.1, 0.15) is 0 Å². The smallest absolute Gasteiger partial charge is 0.164 e. The van der Waals surface area contributed by atoms with Gasteiger partial charge in [0.25, 0.3) is 0 Å². The van der Waals surface area contributed by atoms with Crippen LogP contribution >= 0.6 is 0 Å². The van der Waals surface area contributed by atoms with Gasteiger partial charge in [0, 0.05) is 77.9 Å². The van der Waals surface area contributed by atoms with Gasteiger partial charge in [-0.25, -0.2) is 59.8 Å². The quantitative estimate of drug-likeness (QED) is 0.0898. The van der Waals surface area contributed by atoms with Crippen molar-refractivity contribution in [3.8, 4) is 170 Å². The summed E-state index contributed by atoms with van der Waals surface area (Å²) in [5.41, 5.74) is 12.6. The van der Waals surface area contributed by atoms with Gasteiger partial charge in [-0.3, -0.25) is 0 Å². The van der Waals surface area contributed by atoms with Crippen LogP contribution in [0.3, 0.4) is 0 Å². The van der Waals surface area contributed by atoms with Gasteiger partial charge in [-0.1, -0.05) is 279 Å². The van der Waals surface area contributed by atoms with Crippen LogP contribution in [0.15, 0.2) is 328 Å². The molecule has 97 heavy (non-hydrogen) atoms. The largest absolute Gasteiger partial charge is 0.456 e. The van der Waals surface area contributed by atoms with Crippen molar-refractivity contribution in [1.29, 1.82) is 0 Å². The maximum absolute atomic E-state index is 7.38. The first-order valence-electron chi connectivity index (χ1n) is 31.7. The molecule has 12 aromatic carbocycles. The van der Waals surface area contributed by atoms with E-state index in [1.54, 1.807) is 0 Å². The highest BCUT2D eigenvalue weighted by Crippen LogP contribution is 2.43. The fourth-order valence-electron chi connectivity index (χ4n) is 11.5. The Kier molecular flexibility index (Phi) is 16.1. The van der Waals surface area contributed by atoms with Crippen molar-refractivity contribution < 1.29 is 4.74 Å². The van der Waals surface area contributed by atoms with Gasteiger partial charge >= 0.3 is 0 Å². The van der Waals surface area contributed by atoms with Gasteiger partial charge in [0.2, 0.25) is 0 Å². The SMILES string of the molecule is c1ccc(-c2nc(-c3ccccc3)nc(-c3cc(-c4nc(-c5ccccc5)nc(-c5ccccc5)n4)cc(-c4ccccc4Oc4ccccc4-c4cc(-c5nc(-c6ccccc6)nc(-c6ccccc6)n5)cc(-c5nc(-c6ccccc6)nc(-c6ccccc6)n5)c4)c3)n2)cc1. The second kappa shape index (κ2) is 26.6. The predicted octanol–water partition coefficient (Wildman–Crippen LogP) is 19.6. The summed E-state index contributed by atoms with van der Waals surface area (Å²) in [6, 6.07) is 108. The van der Waals surface area contributed by atoms with E-state index in [2.05, 4.69) is 36.4 Å². The van der Waals surface area contributed by atoms with Crippen LogP contribution in [-0.4, -0.2) is 59.8 Å². The number of ether oxygens (including phenoxy) is 1. The zero-order valence-corrected chi connectivity index (χ0v) is 52.0. The first kappa shape index (κ1) is 58.6. The molecule has 0 atom stereocenters. The molecule has 0 saturated carbocycles. The summed E-state index contributed by atoms with van der Waals surface area (Å²) in [7, 11) is 0. The zero-order valence-electron chi connectivity index (χ0n) is 52.0. The Labute approximate surface area is 559 Å². The van der Waals surface area contributed by atoms with E-state index in [9.17, 15) is 0 Å². The van der Waals surface area contributed by atoms with Crippen LogP contribution in [0.2, 0.25) is 0 Å². The van der Waals surface area contributed by atoms with Crippen LogP contribution < -0.4 is 4.74 Å². The molecule has 13 nitrogen and oxygen atoms in total. The number of hydrogen-bond donors (Lipinski definition) is 0. The van der Waals surface area contributed by atoms with Crippen LogP contribution in [0.4, 0.5) is 0 Å². The lowest BCUT2D eigenvalue weighted by atomic mass is 9.97. The molecule has 4 aromatic heterocycles. The molecular weight excluding hydrogens is 1190 g/mol. The van der Waals surface area contributed by atoms with Gasteiger partial charge in [-0.05, 0) is 59.7 Å². The van der Waals surface area contributed by atoms with Gasteiger partial charge < -0.3 is 4.74 Å². The first-order valence-corrected chi connectivity index (χ1v) is 31.7. The Bertz CT molecular complexity index is 4610. The highest BCUT2D eigenvalue weighted by molar-refractivity contribution is 5.85. The van der Waals surface area contributed by atoms with Crippen molar-refractivity contribution in [2.45, 2.75) is 0 Å². The minimum atomic E-state index is 0.450. The minimum Gasteiger partial charge on any atom is -0.456 e. The third kappa shape index (κ3) is 12.8. The Balaban J connectivity index is 0.882. The molecule has 13 heteroatoms. The van der Waals surface area contributed by atoms with E-state index in [1.807, 2.05) is 291 Å². The van der Waals surface area contributed by atoms with Crippen molar-refractivity contribution >= 4 is 0 Å². The van der Waals surface area contributed by atoms with E-state index in [1.165, 1.54) is 0 Å². The minimum absolute atomic E-state index is 0.450. The van der Waals surface area contributed by atoms with Crippen LogP contribution in [-0.2, 0) is 0 Å². The Hall–Kier alpha value is -13.5. The summed E-state index contributed by atoms with van der Waals surface area (Å²) < 4.78 is 7.38. The van der Waals surface area contributed by atoms with Gasteiger partial charge in [-0.15, -0.1) is 0 Å². The third-order valence-corrected chi connectivity index (χ3v) is 16.3. The number of hydrogen-bond acceptors (Lipinski definition) is 13. The average molecular weight is 1250 g/mol. The number of aromatic nitrogens is 12. The molecule has 0 bridgehead atoms. The topological polar surface area (TPSA) is 164 Å². The van der Waals surface area contributed by atoms with Crippen LogP contribution in [0.25, 0.3) is 159 Å². The summed E-state index contributed by atoms with van der Waals surface area (Å²) in [5.74, 6) is 7.12. The molecule has 16 aromatic rings. The molecule has 0 unspecified atom stereocenters. The summed E-state index contributed by atoms with van der Waals surface area (Å²) >= 11 is 0. The van der Waals surface area contributed by atoms with Crippen molar-refractivity contribution in [2.75, 3.05) is 0 Å². The van der Waals surface area contributed by atoms with E-state index >= 15 is 0 Å². The monoisotopic (exact) mass is 1250 g/mol. The van der Waals surface area contributed by atoms with Gasteiger partial charge in [0.15, 0.2) is 69.9 Å². The summed E-state index contributed by atoms with van der Waals surface area (Å²) in [6.45, 7) is 0. The number of benzene rings is 12. The molecule has 0 N–H and O–H groups in total. The molecule has 456 valence electrons. The van der Waals surface area contributed by atoms with Crippen LogP contribution in [0, 0.1) is 0 Å².